The van der Waals surface area contributed by atoms with Crippen LogP contribution in [0.2, 0.25) is 0 Å². The smallest absolute Gasteiger partial charge is 0.305 e. The SMILES string of the molecule is Cc1ccccc1-c1cn2c(=O)cc(CCCC(=O)OCCCCCCOC=O)[nH]c2c1C#N. The number of nitrogens with one attached hydrogen (secondary N) is 1. The molecule has 0 bridgehead atoms. The standard InChI is InChI=1S/C26H29N3O5/c1-19-9-4-5-11-21(19)23-17-29-24(31)15-20(28-26(29)22(23)16-27)10-8-12-25(32)34-14-7-3-2-6-13-33-18-30/h4-5,9,11,15,17-18,28H,2-3,6-8,10,12-14H2,1H3. The number of hydrogen-bond acceptors (Lipinski definition) is 6. The van der Waals surface area contributed by atoms with E-state index in [9.17, 15) is 19.6 Å². The van der Waals surface area contributed by atoms with Crippen molar-refractivity contribution < 1.29 is 19.1 Å². The zero-order chi connectivity index (χ0) is 24.3. The summed E-state index contributed by atoms with van der Waals surface area (Å²) >= 11 is 0. The Morgan fingerprint density at radius 3 is 2.62 bits per heavy atom. The number of carbonyl (C=O) groups excluding carboxylic acids is 2. The lowest BCUT2D eigenvalue weighted by Gasteiger charge is -2.06. The fourth-order valence-electron chi connectivity index (χ4n) is 3.91. The zero-order valence-electron chi connectivity index (χ0n) is 19.3. The molecule has 3 aromatic rings. The second-order valence-electron chi connectivity index (χ2n) is 8.15. The molecule has 1 aromatic carbocycles. The Kier molecular flexibility index (Phi) is 9.04. The van der Waals surface area contributed by atoms with E-state index in [1.165, 1.54) is 10.5 Å². The average Bonchev–Trinajstić information content (AvgIpc) is 3.20. The van der Waals surface area contributed by atoms with Crippen molar-refractivity contribution in [3.8, 4) is 17.2 Å². The minimum absolute atomic E-state index is 0.221. The molecule has 0 spiro atoms. The van der Waals surface area contributed by atoms with E-state index in [0.717, 1.165) is 36.8 Å². The van der Waals surface area contributed by atoms with Crippen LogP contribution in [0.15, 0.2) is 41.3 Å². The zero-order valence-corrected chi connectivity index (χ0v) is 19.3. The van der Waals surface area contributed by atoms with Crippen molar-refractivity contribution in [2.45, 2.75) is 51.9 Å². The van der Waals surface area contributed by atoms with Gasteiger partial charge in [0.05, 0.1) is 13.2 Å². The number of nitriles is 1. The molecular weight excluding hydrogens is 434 g/mol. The van der Waals surface area contributed by atoms with E-state index in [1.807, 2.05) is 31.2 Å². The lowest BCUT2D eigenvalue weighted by Crippen LogP contribution is -2.14. The van der Waals surface area contributed by atoms with Gasteiger partial charge in [-0.3, -0.25) is 18.8 Å². The van der Waals surface area contributed by atoms with E-state index in [0.29, 0.717) is 55.0 Å². The predicted octanol–water partition coefficient (Wildman–Crippen LogP) is 4.07. The Morgan fingerprint density at radius 1 is 1.12 bits per heavy atom. The number of unbranched alkanes of at least 4 members (excludes halogenated alkanes) is 3. The fourth-order valence-corrected chi connectivity index (χ4v) is 3.91. The van der Waals surface area contributed by atoms with E-state index in [1.54, 1.807) is 6.20 Å². The molecule has 8 nitrogen and oxygen atoms in total. The summed E-state index contributed by atoms with van der Waals surface area (Å²) < 4.78 is 11.3. The summed E-state index contributed by atoms with van der Waals surface area (Å²) in [5.41, 5.74) is 3.98. The van der Waals surface area contributed by atoms with Crippen LogP contribution >= 0.6 is 0 Å². The molecule has 2 heterocycles. The van der Waals surface area contributed by atoms with Gasteiger partial charge in [-0.2, -0.15) is 5.26 Å². The molecule has 0 aliphatic rings. The minimum Gasteiger partial charge on any atom is -0.468 e. The highest BCUT2D eigenvalue weighted by Gasteiger charge is 2.16. The quantitative estimate of drug-likeness (QED) is 0.232. The van der Waals surface area contributed by atoms with Gasteiger partial charge in [0.2, 0.25) is 0 Å². The molecule has 0 aliphatic heterocycles. The first-order valence-corrected chi connectivity index (χ1v) is 11.5. The largest absolute Gasteiger partial charge is 0.468 e. The number of aromatic amines is 1. The molecule has 2 aromatic heterocycles. The molecular formula is C26H29N3O5. The number of ether oxygens (including phenoxy) is 2. The van der Waals surface area contributed by atoms with Crippen LogP contribution in [-0.4, -0.2) is 35.0 Å². The Balaban J connectivity index is 1.55. The van der Waals surface area contributed by atoms with E-state index in [2.05, 4.69) is 15.8 Å². The molecule has 0 radical (unpaired) electrons. The number of rotatable bonds is 13. The van der Waals surface area contributed by atoms with Crippen molar-refractivity contribution in [1.82, 2.24) is 9.38 Å². The van der Waals surface area contributed by atoms with Crippen molar-refractivity contribution in [3.63, 3.8) is 0 Å². The summed E-state index contributed by atoms with van der Waals surface area (Å²) in [6.45, 7) is 3.20. The molecule has 8 heteroatoms. The summed E-state index contributed by atoms with van der Waals surface area (Å²) in [4.78, 5) is 37.9. The summed E-state index contributed by atoms with van der Waals surface area (Å²) in [5.74, 6) is -0.269. The molecule has 3 rings (SSSR count). The fraction of sp³-hybridized carbons (Fsp3) is 0.385. The van der Waals surface area contributed by atoms with Crippen molar-refractivity contribution in [2.24, 2.45) is 0 Å². The number of carbonyl (C=O) groups is 2. The van der Waals surface area contributed by atoms with Crippen molar-refractivity contribution in [1.29, 1.82) is 5.26 Å². The van der Waals surface area contributed by atoms with Crippen molar-refractivity contribution in [2.75, 3.05) is 13.2 Å². The number of nitrogens with zero attached hydrogens (tertiary/aromatic N) is 2. The molecule has 0 amide bonds. The van der Waals surface area contributed by atoms with Gasteiger partial charge in [0, 0.05) is 29.9 Å². The maximum absolute atomic E-state index is 12.7. The Morgan fingerprint density at radius 2 is 1.88 bits per heavy atom. The molecule has 0 unspecified atom stereocenters. The van der Waals surface area contributed by atoms with E-state index in [-0.39, 0.29) is 17.9 Å². The molecule has 0 atom stereocenters. The average molecular weight is 464 g/mol. The molecule has 178 valence electrons. The van der Waals surface area contributed by atoms with Crippen molar-refractivity contribution in [3.05, 3.63) is 63.7 Å². The first-order chi connectivity index (χ1) is 16.5. The van der Waals surface area contributed by atoms with Crippen LogP contribution in [0.1, 0.15) is 55.3 Å². The van der Waals surface area contributed by atoms with E-state index < -0.39 is 0 Å². The number of fused-ring (bicyclic) bond motifs is 1. The van der Waals surface area contributed by atoms with Crippen LogP contribution in [0.4, 0.5) is 0 Å². The van der Waals surface area contributed by atoms with Gasteiger partial charge in [0.15, 0.2) is 0 Å². The van der Waals surface area contributed by atoms with Gasteiger partial charge in [-0.15, -0.1) is 0 Å². The number of benzene rings is 1. The maximum Gasteiger partial charge on any atom is 0.305 e. The minimum atomic E-state index is -0.269. The van der Waals surface area contributed by atoms with Crippen LogP contribution in [0.3, 0.4) is 0 Å². The second kappa shape index (κ2) is 12.4. The van der Waals surface area contributed by atoms with Crippen LogP contribution in [0.25, 0.3) is 16.8 Å². The number of hydrogen-bond donors (Lipinski definition) is 1. The van der Waals surface area contributed by atoms with Crippen LogP contribution in [0, 0.1) is 18.3 Å². The summed E-state index contributed by atoms with van der Waals surface area (Å²) in [6, 6.07) is 11.5. The lowest BCUT2D eigenvalue weighted by molar-refractivity contribution is -0.143. The van der Waals surface area contributed by atoms with Crippen LogP contribution < -0.4 is 5.56 Å². The highest BCUT2D eigenvalue weighted by Crippen LogP contribution is 2.29. The molecule has 0 fully saturated rings. The highest BCUT2D eigenvalue weighted by molar-refractivity contribution is 5.80. The molecule has 0 aliphatic carbocycles. The summed E-state index contributed by atoms with van der Waals surface area (Å²) in [6.07, 6.45) is 6.36. The monoisotopic (exact) mass is 463 g/mol. The van der Waals surface area contributed by atoms with E-state index >= 15 is 0 Å². The molecule has 0 saturated carbocycles. The third-order valence-electron chi connectivity index (χ3n) is 5.68. The Labute approximate surface area is 198 Å². The predicted molar refractivity (Wildman–Crippen MR) is 127 cm³/mol. The summed E-state index contributed by atoms with van der Waals surface area (Å²) in [5, 5.41) is 9.80. The topological polar surface area (TPSA) is 114 Å². The first-order valence-electron chi connectivity index (χ1n) is 11.5. The Hall–Kier alpha value is -3.86. The van der Waals surface area contributed by atoms with Crippen LogP contribution in [-0.2, 0) is 25.5 Å². The van der Waals surface area contributed by atoms with Gasteiger partial charge in [0.1, 0.15) is 17.3 Å². The highest BCUT2D eigenvalue weighted by atomic mass is 16.5. The number of aromatic nitrogens is 2. The third-order valence-corrected chi connectivity index (χ3v) is 5.68. The van der Waals surface area contributed by atoms with Gasteiger partial charge < -0.3 is 14.5 Å². The van der Waals surface area contributed by atoms with Crippen LogP contribution in [0.5, 0.6) is 0 Å². The van der Waals surface area contributed by atoms with Gasteiger partial charge in [0.25, 0.3) is 12.0 Å². The third kappa shape index (κ3) is 6.35. The first kappa shape index (κ1) is 24.8. The van der Waals surface area contributed by atoms with Gasteiger partial charge in [-0.05, 0) is 56.6 Å². The Bertz CT molecular complexity index is 1240. The summed E-state index contributed by atoms with van der Waals surface area (Å²) in [7, 11) is 0. The molecule has 0 saturated heterocycles. The number of aryl methyl sites for hydroxylation is 2. The van der Waals surface area contributed by atoms with Gasteiger partial charge >= 0.3 is 5.97 Å². The van der Waals surface area contributed by atoms with Gasteiger partial charge in [-0.25, -0.2) is 0 Å². The lowest BCUT2D eigenvalue weighted by atomic mass is 10.0. The normalized spacial score (nSPS) is 10.7. The second-order valence-corrected chi connectivity index (χ2v) is 8.15. The van der Waals surface area contributed by atoms with E-state index in [4.69, 9.17) is 4.74 Å². The number of esters is 1. The van der Waals surface area contributed by atoms with Crippen molar-refractivity contribution >= 4 is 18.1 Å². The number of H-pyrrole nitrogens is 1. The van der Waals surface area contributed by atoms with Gasteiger partial charge in [-0.1, -0.05) is 24.3 Å². The molecule has 1 N–H and O–H groups in total. The molecule has 34 heavy (non-hydrogen) atoms. The maximum atomic E-state index is 12.7.